The molecule has 0 unspecified atom stereocenters. The summed E-state index contributed by atoms with van der Waals surface area (Å²) >= 11 is 1.64. The molecule has 2 aromatic rings. The highest BCUT2D eigenvalue weighted by molar-refractivity contribution is 7.11. The highest BCUT2D eigenvalue weighted by Crippen LogP contribution is 2.15. The molecule has 0 aliphatic rings. The maximum absolute atomic E-state index is 4.10. The third kappa shape index (κ3) is 3.35. The second-order valence-electron chi connectivity index (χ2n) is 4.23. The van der Waals surface area contributed by atoms with Crippen molar-refractivity contribution in [2.45, 2.75) is 33.4 Å². The van der Waals surface area contributed by atoms with Gasteiger partial charge in [0.2, 0.25) is 0 Å². The van der Waals surface area contributed by atoms with Gasteiger partial charge in [-0.15, -0.1) is 21.5 Å². The molecule has 0 aliphatic heterocycles. The smallest absolute Gasteiger partial charge is 0.131 e. The molecule has 1 aromatic heterocycles. The van der Waals surface area contributed by atoms with Crippen molar-refractivity contribution in [2.24, 2.45) is 0 Å². The molecule has 0 radical (unpaired) electrons. The molecule has 1 atom stereocenters. The topological polar surface area (TPSA) is 37.8 Å². The Balaban J connectivity index is 1.93. The number of nitrogens with zero attached hydrogens (tertiary/aromatic N) is 2. The van der Waals surface area contributed by atoms with E-state index in [1.807, 2.05) is 6.92 Å². The Bertz CT molecular complexity index is 476. The van der Waals surface area contributed by atoms with E-state index < -0.39 is 0 Å². The van der Waals surface area contributed by atoms with E-state index in [0.717, 1.165) is 16.6 Å². The van der Waals surface area contributed by atoms with Crippen LogP contribution in [0.4, 0.5) is 0 Å². The van der Waals surface area contributed by atoms with E-state index in [2.05, 4.69) is 53.6 Å². The minimum absolute atomic E-state index is 0.333. The summed E-state index contributed by atoms with van der Waals surface area (Å²) in [6, 6.07) is 8.95. The van der Waals surface area contributed by atoms with E-state index in [1.54, 1.807) is 11.3 Å². The van der Waals surface area contributed by atoms with E-state index in [0.29, 0.717) is 6.04 Å². The predicted octanol–water partition coefficient (Wildman–Crippen LogP) is 3.01. The number of rotatable bonds is 4. The van der Waals surface area contributed by atoms with E-state index >= 15 is 0 Å². The van der Waals surface area contributed by atoms with E-state index in [-0.39, 0.29) is 0 Å². The zero-order chi connectivity index (χ0) is 12.3. The summed E-state index contributed by atoms with van der Waals surface area (Å²) in [5.41, 5.74) is 2.59. The van der Waals surface area contributed by atoms with Crippen LogP contribution in [0.25, 0.3) is 0 Å². The van der Waals surface area contributed by atoms with Crippen LogP contribution in [0.15, 0.2) is 24.3 Å². The monoisotopic (exact) mass is 247 g/mol. The molecule has 90 valence electrons. The summed E-state index contributed by atoms with van der Waals surface area (Å²) in [6.07, 6.45) is 0. The third-order valence-electron chi connectivity index (χ3n) is 2.70. The molecule has 0 saturated heterocycles. The number of aromatic nitrogens is 2. The lowest BCUT2D eigenvalue weighted by Gasteiger charge is -2.13. The fourth-order valence-electron chi connectivity index (χ4n) is 1.62. The lowest BCUT2D eigenvalue weighted by atomic mass is 10.1. The molecule has 1 heterocycles. The van der Waals surface area contributed by atoms with Crippen molar-refractivity contribution in [2.75, 3.05) is 0 Å². The molecular weight excluding hydrogens is 230 g/mol. The molecule has 1 N–H and O–H groups in total. The molecule has 0 fully saturated rings. The average Bonchev–Trinajstić information content (AvgIpc) is 2.73. The summed E-state index contributed by atoms with van der Waals surface area (Å²) in [5.74, 6) is 0. The van der Waals surface area contributed by atoms with Crippen molar-refractivity contribution >= 4 is 11.3 Å². The molecule has 0 aliphatic carbocycles. The van der Waals surface area contributed by atoms with E-state index in [4.69, 9.17) is 0 Å². The summed E-state index contributed by atoms with van der Waals surface area (Å²) < 4.78 is 0. The third-order valence-corrected chi connectivity index (χ3v) is 3.54. The van der Waals surface area contributed by atoms with Gasteiger partial charge in [-0.05, 0) is 26.3 Å². The van der Waals surface area contributed by atoms with Crippen molar-refractivity contribution < 1.29 is 0 Å². The highest BCUT2D eigenvalue weighted by atomic mass is 32.1. The van der Waals surface area contributed by atoms with Crippen LogP contribution in [0.2, 0.25) is 0 Å². The predicted molar refractivity (Wildman–Crippen MR) is 71.1 cm³/mol. The van der Waals surface area contributed by atoms with Crippen LogP contribution in [0.5, 0.6) is 0 Å². The fourth-order valence-corrected chi connectivity index (χ4v) is 2.28. The molecule has 4 heteroatoms. The number of nitrogens with one attached hydrogen (secondary N) is 1. The van der Waals surface area contributed by atoms with Gasteiger partial charge < -0.3 is 5.32 Å². The Morgan fingerprint density at radius 1 is 1.18 bits per heavy atom. The van der Waals surface area contributed by atoms with Crippen molar-refractivity contribution in [3.63, 3.8) is 0 Å². The number of hydrogen-bond acceptors (Lipinski definition) is 4. The summed E-state index contributed by atoms with van der Waals surface area (Å²) in [4.78, 5) is 0. The fraction of sp³-hybridized carbons (Fsp3) is 0.385. The van der Waals surface area contributed by atoms with Crippen LogP contribution >= 0.6 is 11.3 Å². The molecule has 17 heavy (non-hydrogen) atoms. The Morgan fingerprint density at radius 3 is 2.47 bits per heavy atom. The Labute approximate surface area is 106 Å². The van der Waals surface area contributed by atoms with Crippen LogP contribution < -0.4 is 5.32 Å². The van der Waals surface area contributed by atoms with Crippen LogP contribution in [0.3, 0.4) is 0 Å². The first-order valence-electron chi connectivity index (χ1n) is 5.74. The first-order chi connectivity index (χ1) is 8.15. The summed E-state index contributed by atoms with van der Waals surface area (Å²) in [7, 11) is 0. The SMILES string of the molecule is Cc1ccc([C@@H](C)NCc2nnc(C)s2)cc1. The van der Waals surface area contributed by atoms with Gasteiger partial charge in [-0.25, -0.2) is 0 Å². The Hall–Kier alpha value is -1.26. The average molecular weight is 247 g/mol. The van der Waals surface area contributed by atoms with Gasteiger partial charge in [0, 0.05) is 6.04 Å². The maximum Gasteiger partial charge on any atom is 0.131 e. The zero-order valence-corrected chi connectivity index (χ0v) is 11.2. The lowest BCUT2D eigenvalue weighted by Crippen LogP contribution is -2.17. The minimum atomic E-state index is 0.333. The van der Waals surface area contributed by atoms with Gasteiger partial charge in [-0.2, -0.15) is 0 Å². The lowest BCUT2D eigenvalue weighted by molar-refractivity contribution is 0.571. The van der Waals surface area contributed by atoms with Gasteiger partial charge >= 0.3 is 0 Å². The molecular formula is C13H17N3S. The van der Waals surface area contributed by atoms with Gasteiger partial charge in [0.1, 0.15) is 10.0 Å². The van der Waals surface area contributed by atoms with Crippen LogP contribution in [0, 0.1) is 13.8 Å². The highest BCUT2D eigenvalue weighted by Gasteiger charge is 2.06. The molecule has 0 amide bonds. The largest absolute Gasteiger partial charge is 0.304 e. The van der Waals surface area contributed by atoms with Crippen LogP contribution in [-0.2, 0) is 6.54 Å². The Morgan fingerprint density at radius 2 is 1.88 bits per heavy atom. The van der Waals surface area contributed by atoms with Crippen molar-refractivity contribution in [3.05, 3.63) is 45.4 Å². The normalized spacial score (nSPS) is 12.6. The molecule has 0 saturated carbocycles. The van der Waals surface area contributed by atoms with Gasteiger partial charge in [-0.3, -0.25) is 0 Å². The van der Waals surface area contributed by atoms with Crippen LogP contribution in [0.1, 0.15) is 34.1 Å². The van der Waals surface area contributed by atoms with Crippen molar-refractivity contribution in [1.82, 2.24) is 15.5 Å². The van der Waals surface area contributed by atoms with Gasteiger partial charge in [0.25, 0.3) is 0 Å². The number of hydrogen-bond donors (Lipinski definition) is 1. The second kappa shape index (κ2) is 5.38. The standard InChI is InChI=1S/C13H17N3S/c1-9-4-6-12(7-5-9)10(2)14-8-13-16-15-11(3)17-13/h4-7,10,14H,8H2,1-3H3/t10-/m1/s1. The van der Waals surface area contributed by atoms with Gasteiger partial charge in [-0.1, -0.05) is 29.8 Å². The molecule has 0 spiro atoms. The molecule has 3 nitrogen and oxygen atoms in total. The molecule has 0 bridgehead atoms. The first kappa shape index (κ1) is 12.2. The number of aryl methyl sites for hydroxylation is 2. The molecule has 2 rings (SSSR count). The first-order valence-corrected chi connectivity index (χ1v) is 6.56. The second-order valence-corrected chi connectivity index (χ2v) is 5.49. The number of benzene rings is 1. The van der Waals surface area contributed by atoms with E-state index in [1.165, 1.54) is 11.1 Å². The van der Waals surface area contributed by atoms with Crippen LogP contribution in [-0.4, -0.2) is 10.2 Å². The summed E-state index contributed by atoms with van der Waals surface area (Å²) in [6.45, 7) is 7.02. The van der Waals surface area contributed by atoms with Gasteiger partial charge in [0.15, 0.2) is 0 Å². The quantitative estimate of drug-likeness (QED) is 0.902. The maximum atomic E-state index is 4.10. The van der Waals surface area contributed by atoms with Crippen molar-refractivity contribution in [3.8, 4) is 0 Å². The summed E-state index contributed by atoms with van der Waals surface area (Å²) in [5, 5.41) is 13.6. The van der Waals surface area contributed by atoms with Crippen molar-refractivity contribution in [1.29, 1.82) is 0 Å². The molecule has 1 aromatic carbocycles. The Kier molecular flexibility index (Phi) is 3.86. The minimum Gasteiger partial charge on any atom is -0.304 e. The zero-order valence-electron chi connectivity index (χ0n) is 10.4. The van der Waals surface area contributed by atoms with Gasteiger partial charge in [0.05, 0.1) is 6.54 Å². The van der Waals surface area contributed by atoms with E-state index in [9.17, 15) is 0 Å².